The van der Waals surface area contributed by atoms with E-state index in [1.165, 1.54) is 34.4 Å². The van der Waals surface area contributed by atoms with Gasteiger partial charge in [-0.05, 0) is 12.1 Å². The molecule has 4 rings (SSSR count). The lowest BCUT2D eigenvalue weighted by molar-refractivity contribution is 0.583. The average molecular weight is 377 g/mol. The third-order valence-corrected chi connectivity index (χ3v) is 6.19. The third kappa shape index (κ3) is 2.83. The number of aromatic amines is 1. The molecule has 0 unspecified atom stereocenters. The van der Waals surface area contributed by atoms with Crippen molar-refractivity contribution in [1.82, 2.24) is 20.2 Å². The standard InChI is InChI=1S/C14H11N5O2S3/c1-15-13-18-19-14(24-13)23-6-9-16-11(20)10-7(5-22-12(10)17-9)8-3-2-4-21-8/h2-5H,6H2,1H3,(H,15,18)(H,16,17,20). The molecule has 0 aliphatic rings. The molecule has 0 aromatic carbocycles. The van der Waals surface area contributed by atoms with Crippen LogP contribution in [0.15, 0.2) is 37.3 Å². The van der Waals surface area contributed by atoms with E-state index in [2.05, 4.69) is 25.5 Å². The van der Waals surface area contributed by atoms with Crippen molar-refractivity contribution in [2.75, 3.05) is 12.4 Å². The van der Waals surface area contributed by atoms with E-state index in [9.17, 15) is 4.79 Å². The van der Waals surface area contributed by atoms with Crippen LogP contribution in [0.1, 0.15) is 5.82 Å². The number of hydrogen-bond donors (Lipinski definition) is 2. The van der Waals surface area contributed by atoms with Gasteiger partial charge in [0.1, 0.15) is 16.4 Å². The van der Waals surface area contributed by atoms with E-state index in [-0.39, 0.29) is 5.56 Å². The van der Waals surface area contributed by atoms with Gasteiger partial charge in [-0.1, -0.05) is 23.1 Å². The van der Waals surface area contributed by atoms with Crippen molar-refractivity contribution in [3.63, 3.8) is 0 Å². The Morgan fingerprint density at radius 2 is 2.33 bits per heavy atom. The van der Waals surface area contributed by atoms with Gasteiger partial charge in [-0.25, -0.2) is 4.98 Å². The quantitative estimate of drug-likeness (QED) is 0.514. The highest BCUT2D eigenvalue weighted by Crippen LogP contribution is 2.32. The topological polar surface area (TPSA) is 96.7 Å². The molecule has 122 valence electrons. The molecule has 4 heterocycles. The number of nitrogens with one attached hydrogen (secondary N) is 2. The molecule has 0 aliphatic carbocycles. The minimum absolute atomic E-state index is 0.156. The van der Waals surface area contributed by atoms with Gasteiger partial charge in [0.2, 0.25) is 5.13 Å². The molecule has 4 aromatic heterocycles. The molecule has 0 atom stereocenters. The maximum atomic E-state index is 12.5. The Labute approximate surface area is 148 Å². The monoisotopic (exact) mass is 377 g/mol. The molecule has 24 heavy (non-hydrogen) atoms. The first kappa shape index (κ1) is 15.4. The van der Waals surface area contributed by atoms with Gasteiger partial charge in [-0.3, -0.25) is 4.79 Å². The van der Waals surface area contributed by atoms with Gasteiger partial charge in [0.05, 0.1) is 17.4 Å². The first-order valence-corrected chi connectivity index (χ1v) is 9.61. The van der Waals surface area contributed by atoms with Gasteiger partial charge in [0.15, 0.2) is 4.34 Å². The highest BCUT2D eigenvalue weighted by atomic mass is 32.2. The van der Waals surface area contributed by atoms with Crippen LogP contribution in [0.5, 0.6) is 0 Å². The van der Waals surface area contributed by atoms with Crippen LogP contribution >= 0.6 is 34.4 Å². The van der Waals surface area contributed by atoms with Crippen LogP contribution in [0, 0.1) is 0 Å². The van der Waals surface area contributed by atoms with E-state index in [0.29, 0.717) is 27.6 Å². The summed E-state index contributed by atoms with van der Waals surface area (Å²) in [4.78, 5) is 20.6. The number of fused-ring (bicyclic) bond motifs is 1. The molecule has 0 aliphatic heterocycles. The van der Waals surface area contributed by atoms with Gasteiger partial charge in [0.25, 0.3) is 5.56 Å². The summed E-state index contributed by atoms with van der Waals surface area (Å²) in [6.45, 7) is 0. The van der Waals surface area contributed by atoms with Crippen LogP contribution in [0.2, 0.25) is 0 Å². The maximum Gasteiger partial charge on any atom is 0.260 e. The molecule has 0 spiro atoms. The molecular formula is C14H11N5O2S3. The summed E-state index contributed by atoms with van der Waals surface area (Å²) in [5.41, 5.74) is 0.618. The molecule has 0 amide bonds. The van der Waals surface area contributed by atoms with Crippen molar-refractivity contribution in [3.05, 3.63) is 40.0 Å². The fourth-order valence-corrected chi connectivity index (χ4v) is 4.70. The van der Waals surface area contributed by atoms with Crippen molar-refractivity contribution < 1.29 is 4.42 Å². The van der Waals surface area contributed by atoms with Crippen molar-refractivity contribution in [1.29, 1.82) is 0 Å². The normalized spacial score (nSPS) is 11.2. The number of rotatable bonds is 5. The van der Waals surface area contributed by atoms with Crippen LogP contribution < -0.4 is 10.9 Å². The van der Waals surface area contributed by atoms with Crippen molar-refractivity contribution in [2.24, 2.45) is 0 Å². The summed E-state index contributed by atoms with van der Waals surface area (Å²) < 4.78 is 6.22. The fourth-order valence-electron chi connectivity index (χ4n) is 2.17. The SMILES string of the molecule is CNc1nnc(SCc2nc3scc(-c4ccco4)c3c(=O)[nH]2)s1. The minimum Gasteiger partial charge on any atom is -0.464 e. The fraction of sp³-hybridized carbons (Fsp3) is 0.143. The van der Waals surface area contributed by atoms with E-state index < -0.39 is 0 Å². The predicted octanol–water partition coefficient (Wildman–Crippen LogP) is 3.43. The number of aromatic nitrogens is 4. The minimum atomic E-state index is -0.156. The summed E-state index contributed by atoms with van der Waals surface area (Å²) >= 11 is 4.39. The second-order valence-electron chi connectivity index (χ2n) is 4.73. The second-order valence-corrected chi connectivity index (χ2v) is 7.79. The molecule has 0 saturated carbocycles. The van der Waals surface area contributed by atoms with Crippen LogP contribution in [-0.2, 0) is 5.75 Å². The van der Waals surface area contributed by atoms with Crippen LogP contribution in [0.25, 0.3) is 21.5 Å². The lowest BCUT2D eigenvalue weighted by Crippen LogP contribution is -2.10. The summed E-state index contributed by atoms with van der Waals surface area (Å²) in [6.07, 6.45) is 1.59. The molecule has 0 saturated heterocycles. The molecule has 7 nitrogen and oxygen atoms in total. The molecule has 0 radical (unpaired) electrons. The number of H-pyrrole nitrogens is 1. The second kappa shape index (κ2) is 6.38. The summed E-state index contributed by atoms with van der Waals surface area (Å²) in [5, 5.41) is 14.2. The molecule has 0 bridgehead atoms. The van der Waals surface area contributed by atoms with Gasteiger partial charge < -0.3 is 14.7 Å². The number of furan rings is 1. The van der Waals surface area contributed by atoms with Crippen LogP contribution in [0.4, 0.5) is 5.13 Å². The van der Waals surface area contributed by atoms with Gasteiger partial charge in [-0.15, -0.1) is 21.5 Å². The van der Waals surface area contributed by atoms with E-state index in [0.717, 1.165) is 15.0 Å². The largest absolute Gasteiger partial charge is 0.464 e. The first-order chi connectivity index (χ1) is 11.7. The number of thioether (sulfide) groups is 1. The van der Waals surface area contributed by atoms with Gasteiger partial charge in [0, 0.05) is 18.0 Å². The van der Waals surface area contributed by atoms with Crippen LogP contribution in [0.3, 0.4) is 0 Å². The van der Waals surface area contributed by atoms with Crippen molar-refractivity contribution in [2.45, 2.75) is 10.1 Å². The van der Waals surface area contributed by atoms with Crippen LogP contribution in [-0.4, -0.2) is 27.2 Å². The van der Waals surface area contributed by atoms with Crippen molar-refractivity contribution >= 4 is 49.8 Å². The molecule has 0 fully saturated rings. The number of hydrogen-bond acceptors (Lipinski definition) is 9. The number of anilines is 1. The summed E-state index contributed by atoms with van der Waals surface area (Å²) in [5.74, 6) is 1.81. The highest BCUT2D eigenvalue weighted by molar-refractivity contribution is 8.00. The summed E-state index contributed by atoms with van der Waals surface area (Å²) in [6, 6.07) is 3.63. The van der Waals surface area contributed by atoms with Crippen molar-refractivity contribution in [3.8, 4) is 11.3 Å². The van der Waals surface area contributed by atoms with E-state index >= 15 is 0 Å². The van der Waals surface area contributed by atoms with Gasteiger partial charge in [-0.2, -0.15) is 0 Å². The Bertz CT molecular complexity index is 1030. The summed E-state index contributed by atoms with van der Waals surface area (Å²) in [7, 11) is 1.80. The Morgan fingerprint density at radius 1 is 1.42 bits per heavy atom. The zero-order chi connectivity index (χ0) is 16.5. The third-order valence-electron chi connectivity index (χ3n) is 3.23. The predicted molar refractivity (Wildman–Crippen MR) is 97.0 cm³/mol. The Kier molecular flexibility index (Phi) is 4.08. The lowest BCUT2D eigenvalue weighted by Gasteiger charge is -1.99. The lowest BCUT2D eigenvalue weighted by atomic mass is 10.2. The molecule has 10 heteroatoms. The first-order valence-electron chi connectivity index (χ1n) is 6.93. The van der Waals surface area contributed by atoms with E-state index in [4.69, 9.17) is 4.42 Å². The zero-order valence-corrected chi connectivity index (χ0v) is 14.8. The van der Waals surface area contributed by atoms with E-state index in [1.807, 2.05) is 11.4 Å². The Morgan fingerprint density at radius 3 is 3.08 bits per heavy atom. The Balaban J connectivity index is 1.62. The van der Waals surface area contributed by atoms with E-state index in [1.54, 1.807) is 19.4 Å². The number of thiophene rings is 1. The maximum absolute atomic E-state index is 12.5. The molecular weight excluding hydrogens is 366 g/mol. The highest BCUT2D eigenvalue weighted by Gasteiger charge is 2.15. The van der Waals surface area contributed by atoms with Gasteiger partial charge >= 0.3 is 0 Å². The zero-order valence-electron chi connectivity index (χ0n) is 12.4. The molecule has 4 aromatic rings. The number of nitrogens with zero attached hydrogens (tertiary/aromatic N) is 3. The Hall–Kier alpha value is -2.17. The average Bonchev–Trinajstić information content (AvgIpc) is 3.32. The smallest absolute Gasteiger partial charge is 0.260 e. The molecule has 2 N–H and O–H groups in total.